The minimum atomic E-state index is -0.323. The van der Waals surface area contributed by atoms with Crippen LogP contribution in [-0.4, -0.2) is 26.3 Å². The number of esters is 1. The lowest BCUT2D eigenvalue weighted by Crippen LogP contribution is -2.13. The van der Waals surface area contributed by atoms with Crippen molar-refractivity contribution < 1.29 is 23.4 Å². The molecule has 1 heterocycles. The van der Waals surface area contributed by atoms with Crippen molar-refractivity contribution in [2.75, 3.05) is 20.3 Å². The number of hydrogen-bond donors (Lipinski definition) is 0. The van der Waals surface area contributed by atoms with Gasteiger partial charge in [0.25, 0.3) is 0 Å². The van der Waals surface area contributed by atoms with Gasteiger partial charge in [0, 0.05) is 21.5 Å². The van der Waals surface area contributed by atoms with Gasteiger partial charge < -0.3 is 18.6 Å². The summed E-state index contributed by atoms with van der Waals surface area (Å²) in [5.41, 5.74) is 1.47. The third-order valence-corrected chi connectivity index (χ3v) is 4.10. The molecule has 130 valence electrons. The second-order valence-electron chi connectivity index (χ2n) is 5.33. The van der Waals surface area contributed by atoms with Crippen molar-refractivity contribution in [1.29, 1.82) is 0 Å². The van der Waals surface area contributed by atoms with E-state index in [4.69, 9.17) is 18.6 Å². The Morgan fingerprint density at radius 1 is 1.12 bits per heavy atom. The van der Waals surface area contributed by atoms with Crippen LogP contribution >= 0.6 is 15.9 Å². The lowest BCUT2D eigenvalue weighted by atomic mass is 10.1. The molecule has 25 heavy (non-hydrogen) atoms. The monoisotopic (exact) mass is 404 g/mol. The Hall–Kier alpha value is -2.47. The Bertz CT molecular complexity index is 871. The molecule has 0 aliphatic rings. The molecular weight excluding hydrogens is 388 g/mol. The number of ether oxygens (including phenoxy) is 3. The van der Waals surface area contributed by atoms with Gasteiger partial charge in [0.1, 0.15) is 30.3 Å². The van der Waals surface area contributed by atoms with E-state index in [1.54, 1.807) is 19.4 Å². The molecule has 0 bridgehead atoms. The highest BCUT2D eigenvalue weighted by Gasteiger charge is 2.12. The minimum Gasteiger partial charge on any atom is -0.497 e. The quantitative estimate of drug-likeness (QED) is 0.432. The first kappa shape index (κ1) is 17.4. The average Bonchev–Trinajstić information content (AvgIpc) is 3.01. The van der Waals surface area contributed by atoms with E-state index in [1.807, 2.05) is 36.4 Å². The van der Waals surface area contributed by atoms with Crippen molar-refractivity contribution in [3.8, 4) is 11.5 Å². The number of methoxy groups -OCH3 is 1. The van der Waals surface area contributed by atoms with E-state index in [1.165, 1.54) is 0 Å². The van der Waals surface area contributed by atoms with Crippen molar-refractivity contribution >= 4 is 32.9 Å². The summed E-state index contributed by atoms with van der Waals surface area (Å²) in [6.45, 7) is 0.487. The Morgan fingerprint density at radius 3 is 2.80 bits per heavy atom. The van der Waals surface area contributed by atoms with E-state index in [0.29, 0.717) is 17.9 Å². The molecule has 0 unspecified atom stereocenters. The van der Waals surface area contributed by atoms with Crippen LogP contribution in [0.15, 0.2) is 57.6 Å². The van der Waals surface area contributed by atoms with Gasteiger partial charge in [-0.05, 0) is 30.3 Å². The number of carbonyl (C=O) groups excluding carboxylic acids is 1. The normalized spacial score (nSPS) is 10.6. The van der Waals surface area contributed by atoms with Crippen LogP contribution in [0.3, 0.4) is 0 Å². The van der Waals surface area contributed by atoms with E-state index in [0.717, 1.165) is 21.2 Å². The second-order valence-corrected chi connectivity index (χ2v) is 6.24. The Balaban J connectivity index is 1.49. The first-order chi connectivity index (χ1) is 12.2. The summed E-state index contributed by atoms with van der Waals surface area (Å²) < 4.78 is 22.3. The molecule has 0 saturated carbocycles. The molecule has 1 aromatic heterocycles. The molecule has 0 N–H and O–H groups in total. The number of carbonyl (C=O) groups is 1. The summed E-state index contributed by atoms with van der Waals surface area (Å²) in [7, 11) is 1.60. The molecule has 0 atom stereocenters. The standard InChI is InChI=1S/C19H17BrO5/c1-22-15-5-6-17-13(12-25-18(17)11-15)9-19(21)24-8-7-23-16-4-2-3-14(20)10-16/h2-6,10-12H,7-9H2,1H3. The Labute approximate surface area is 153 Å². The van der Waals surface area contributed by atoms with Gasteiger partial charge in [0.05, 0.1) is 19.8 Å². The van der Waals surface area contributed by atoms with Crippen LogP contribution in [0.4, 0.5) is 0 Å². The van der Waals surface area contributed by atoms with E-state index in [-0.39, 0.29) is 19.0 Å². The predicted octanol–water partition coefficient (Wildman–Crippen LogP) is 4.37. The van der Waals surface area contributed by atoms with E-state index in [9.17, 15) is 4.79 Å². The van der Waals surface area contributed by atoms with Crippen molar-refractivity contribution in [3.63, 3.8) is 0 Å². The van der Waals surface area contributed by atoms with Gasteiger partial charge in [-0.15, -0.1) is 0 Å². The summed E-state index contributed by atoms with van der Waals surface area (Å²) in [6, 6.07) is 13.0. The molecule has 3 rings (SSSR count). The molecule has 0 amide bonds. The van der Waals surface area contributed by atoms with Crippen molar-refractivity contribution in [2.24, 2.45) is 0 Å². The molecule has 0 aliphatic carbocycles. The molecule has 0 saturated heterocycles. The molecule has 6 heteroatoms. The van der Waals surface area contributed by atoms with E-state index >= 15 is 0 Å². The van der Waals surface area contributed by atoms with Crippen LogP contribution in [0.1, 0.15) is 5.56 Å². The van der Waals surface area contributed by atoms with Crippen molar-refractivity contribution in [2.45, 2.75) is 6.42 Å². The van der Waals surface area contributed by atoms with Gasteiger partial charge >= 0.3 is 5.97 Å². The third kappa shape index (κ3) is 4.54. The van der Waals surface area contributed by atoms with Crippen LogP contribution in [0, 0.1) is 0 Å². The molecule has 2 aromatic carbocycles. The van der Waals surface area contributed by atoms with Crippen LogP contribution < -0.4 is 9.47 Å². The Morgan fingerprint density at radius 2 is 2.00 bits per heavy atom. The number of rotatable bonds is 7. The van der Waals surface area contributed by atoms with Crippen LogP contribution in [0.2, 0.25) is 0 Å². The van der Waals surface area contributed by atoms with Gasteiger partial charge in [0.2, 0.25) is 0 Å². The molecule has 0 fully saturated rings. The Kier molecular flexibility index (Phi) is 5.60. The van der Waals surface area contributed by atoms with Crippen LogP contribution in [-0.2, 0) is 16.0 Å². The maximum atomic E-state index is 12.0. The molecule has 0 spiro atoms. The summed E-state index contributed by atoms with van der Waals surface area (Å²) in [5, 5.41) is 0.878. The minimum absolute atomic E-state index is 0.149. The fourth-order valence-electron chi connectivity index (χ4n) is 2.41. The lowest BCUT2D eigenvalue weighted by molar-refractivity contribution is -0.143. The number of fused-ring (bicyclic) bond motifs is 1. The highest BCUT2D eigenvalue weighted by molar-refractivity contribution is 9.10. The van der Waals surface area contributed by atoms with E-state index in [2.05, 4.69) is 15.9 Å². The van der Waals surface area contributed by atoms with Crippen LogP contribution in [0.5, 0.6) is 11.5 Å². The number of benzene rings is 2. The molecular formula is C19H17BrO5. The lowest BCUT2D eigenvalue weighted by Gasteiger charge is -2.07. The molecule has 5 nitrogen and oxygen atoms in total. The van der Waals surface area contributed by atoms with E-state index < -0.39 is 0 Å². The number of halogens is 1. The number of furan rings is 1. The fraction of sp³-hybridized carbons (Fsp3) is 0.211. The third-order valence-electron chi connectivity index (χ3n) is 3.61. The predicted molar refractivity (Wildman–Crippen MR) is 97.1 cm³/mol. The maximum absolute atomic E-state index is 12.0. The van der Waals surface area contributed by atoms with Gasteiger partial charge in [-0.1, -0.05) is 22.0 Å². The summed E-state index contributed by atoms with van der Waals surface area (Å²) in [4.78, 5) is 12.0. The zero-order valence-corrected chi connectivity index (χ0v) is 15.2. The average molecular weight is 405 g/mol. The molecule has 3 aromatic rings. The summed E-state index contributed by atoms with van der Waals surface area (Å²) in [5.74, 6) is 1.11. The van der Waals surface area contributed by atoms with Gasteiger partial charge in [-0.3, -0.25) is 4.79 Å². The SMILES string of the molecule is COc1ccc2c(CC(=O)OCCOc3cccc(Br)c3)coc2c1. The first-order valence-electron chi connectivity index (χ1n) is 7.74. The summed E-state index contributed by atoms with van der Waals surface area (Å²) in [6.07, 6.45) is 1.72. The highest BCUT2D eigenvalue weighted by atomic mass is 79.9. The largest absolute Gasteiger partial charge is 0.497 e. The van der Waals surface area contributed by atoms with Gasteiger partial charge in [0.15, 0.2) is 0 Å². The fourth-order valence-corrected chi connectivity index (χ4v) is 2.78. The molecule has 0 radical (unpaired) electrons. The van der Waals surface area contributed by atoms with Crippen LogP contribution in [0.25, 0.3) is 11.0 Å². The van der Waals surface area contributed by atoms with Gasteiger partial charge in [-0.2, -0.15) is 0 Å². The maximum Gasteiger partial charge on any atom is 0.310 e. The smallest absolute Gasteiger partial charge is 0.310 e. The second kappa shape index (κ2) is 8.07. The zero-order chi connectivity index (χ0) is 17.6. The summed E-state index contributed by atoms with van der Waals surface area (Å²) >= 11 is 3.37. The number of hydrogen-bond acceptors (Lipinski definition) is 5. The van der Waals surface area contributed by atoms with Crippen molar-refractivity contribution in [1.82, 2.24) is 0 Å². The van der Waals surface area contributed by atoms with Crippen molar-refractivity contribution in [3.05, 3.63) is 58.8 Å². The topological polar surface area (TPSA) is 57.9 Å². The zero-order valence-electron chi connectivity index (χ0n) is 13.7. The first-order valence-corrected chi connectivity index (χ1v) is 8.53. The molecule has 0 aliphatic heterocycles. The highest BCUT2D eigenvalue weighted by Crippen LogP contribution is 2.26. The van der Waals surface area contributed by atoms with Gasteiger partial charge in [-0.25, -0.2) is 0 Å².